The molecule has 0 aromatic carbocycles. The van der Waals surface area contributed by atoms with Gasteiger partial charge in [-0.05, 0) is 52.4 Å². The second-order valence-electron chi connectivity index (χ2n) is 4.37. The summed E-state index contributed by atoms with van der Waals surface area (Å²) in [6, 6.07) is 0.728. The van der Waals surface area contributed by atoms with Crippen LogP contribution in [0.15, 0.2) is 0 Å². The van der Waals surface area contributed by atoms with Crippen molar-refractivity contribution in [2.45, 2.75) is 59.4 Å². The summed E-state index contributed by atoms with van der Waals surface area (Å²) in [6.45, 7) is 13.9. The molecule has 0 fully saturated rings. The molecule has 0 heterocycles. The van der Waals surface area contributed by atoms with E-state index in [0.717, 1.165) is 19.1 Å². The Balaban J connectivity index is 3.58. The van der Waals surface area contributed by atoms with Crippen molar-refractivity contribution in [3.8, 4) is 0 Å². The first-order valence-corrected chi connectivity index (χ1v) is 6.70. The van der Waals surface area contributed by atoms with E-state index in [1.165, 1.54) is 38.8 Å². The van der Waals surface area contributed by atoms with Gasteiger partial charge < -0.3 is 10.2 Å². The Morgan fingerprint density at radius 3 is 2.33 bits per heavy atom. The molecule has 0 spiro atoms. The summed E-state index contributed by atoms with van der Waals surface area (Å²) in [5.41, 5.74) is 0. The zero-order valence-corrected chi connectivity index (χ0v) is 11.2. The van der Waals surface area contributed by atoms with Crippen molar-refractivity contribution in [2.24, 2.45) is 0 Å². The molecule has 0 aliphatic heterocycles. The topological polar surface area (TPSA) is 15.3 Å². The van der Waals surface area contributed by atoms with Gasteiger partial charge in [0.1, 0.15) is 0 Å². The van der Waals surface area contributed by atoms with E-state index in [4.69, 9.17) is 0 Å². The Morgan fingerprint density at radius 1 is 1.07 bits per heavy atom. The van der Waals surface area contributed by atoms with E-state index >= 15 is 0 Å². The number of unbranched alkanes of at least 4 members (excludes halogenated alkanes) is 1. The second kappa shape index (κ2) is 10.4. The Labute approximate surface area is 96.4 Å². The summed E-state index contributed by atoms with van der Waals surface area (Å²) in [5, 5.41) is 3.47. The molecule has 0 saturated carbocycles. The summed E-state index contributed by atoms with van der Waals surface area (Å²) in [4.78, 5) is 2.59. The van der Waals surface area contributed by atoms with Gasteiger partial charge in [-0.1, -0.05) is 27.2 Å². The van der Waals surface area contributed by atoms with Crippen LogP contribution in [0.1, 0.15) is 53.4 Å². The normalized spacial score (nSPS) is 13.4. The molecule has 0 aliphatic carbocycles. The first-order valence-electron chi connectivity index (χ1n) is 6.70. The molecular formula is C13H30N2. The molecule has 2 nitrogen and oxygen atoms in total. The highest BCUT2D eigenvalue weighted by Crippen LogP contribution is 2.04. The Bertz CT molecular complexity index is 126. The fraction of sp³-hybridized carbons (Fsp3) is 1.00. The highest BCUT2D eigenvalue weighted by atomic mass is 15.1. The number of rotatable bonds is 10. The second-order valence-corrected chi connectivity index (χ2v) is 4.37. The molecule has 0 amide bonds. The van der Waals surface area contributed by atoms with Gasteiger partial charge in [-0.3, -0.25) is 0 Å². The molecule has 1 N–H and O–H groups in total. The maximum atomic E-state index is 3.47. The van der Waals surface area contributed by atoms with E-state index in [9.17, 15) is 0 Å². The van der Waals surface area contributed by atoms with Gasteiger partial charge in [0, 0.05) is 6.04 Å². The van der Waals surface area contributed by atoms with Gasteiger partial charge in [0.2, 0.25) is 0 Å². The van der Waals surface area contributed by atoms with Crippen LogP contribution in [0.4, 0.5) is 0 Å². The van der Waals surface area contributed by atoms with E-state index < -0.39 is 0 Å². The molecule has 1 unspecified atom stereocenters. The van der Waals surface area contributed by atoms with Crippen LogP contribution in [0.3, 0.4) is 0 Å². The fourth-order valence-electron chi connectivity index (χ4n) is 1.85. The molecule has 1 atom stereocenters. The predicted molar refractivity (Wildman–Crippen MR) is 69.4 cm³/mol. The van der Waals surface area contributed by atoms with E-state index in [2.05, 4.69) is 37.9 Å². The van der Waals surface area contributed by atoms with Crippen LogP contribution < -0.4 is 5.32 Å². The monoisotopic (exact) mass is 214 g/mol. The van der Waals surface area contributed by atoms with E-state index in [1.807, 2.05) is 0 Å². The number of hydrogen-bond acceptors (Lipinski definition) is 2. The quantitative estimate of drug-likeness (QED) is 0.563. The van der Waals surface area contributed by atoms with Gasteiger partial charge in [0.15, 0.2) is 0 Å². The Hall–Kier alpha value is -0.0800. The molecule has 0 radical (unpaired) electrons. The molecule has 0 aromatic heterocycles. The highest BCUT2D eigenvalue weighted by molar-refractivity contribution is 4.67. The van der Waals surface area contributed by atoms with Gasteiger partial charge >= 0.3 is 0 Å². The summed E-state index contributed by atoms with van der Waals surface area (Å²) >= 11 is 0. The largest absolute Gasteiger partial charge is 0.317 e. The third-order valence-electron chi connectivity index (χ3n) is 2.99. The number of hydrogen-bond donors (Lipinski definition) is 1. The Morgan fingerprint density at radius 2 is 1.80 bits per heavy atom. The van der Waals surface area contributed by atoms with Gasteiger partial charge in [-0.2, -0.15) is 0 Å². The molecule has 0 rings (SSSR count). The molecule has 2 heteroatoms. The average Bonchev–Trinajstić information content (AvgIpc) is 2.25. The van der Waals surface area contributed by atoms with Crippen LogP contribution in [-0.2, 0) is 0 Å². The lowest BCUT2D eigenvalue weighted by Gasteiger charge is -2.27. The lowest BCUT2D eigenvalue weighted by molar-refractivity contribution is 0.206. The van der Waals surface area contributed by atoms with Crippen molar-refractivity contribution in [1.29, 1.82) is 0 Å². The van der Waals surface area contributed by atoms with E-state index in [0.29, 0.717) is 0 Å². The first-order chi connectivity index (χ1) is 7.26. The van der Waals surface area contributed by atoms with Gasteiger partial charge in [0.25, 0.3) is 0 Å². The van der Waals surface area contributed by atoms with Crippen molar-refractivity contribution in [1.82, 2.24) is 10.2 Å². The van der Waals surface area contributed by atoms with Gasteiger partial charge in [-0.25, -0.2) is 0 Å². The van der Waals surface area contributed by atoms with E-state index in [-0.39, 0.29) is 0 Å². The summed E-state index contributed by atoms with van der Waals surface area (Å²) in [5.74, 6) is 0. The van der Waals surface area contributed by atoms with Gasteiger partial charge in [0.05, 0.1) is 0 Å². The van der Waals surface area contributed by atoms with Crippen LogP contribution in [0.5, 0.6) is 0 Å². The molecule has 15 heavy (non-hydrogen) atoms. The fourth-order valence-corrected chi connectivity index (χ4v) is 1.85. The van der Waals surface area contributed by atoms with Crippen LogP contribution in [0, 0.1) is 0 Å². The van der Waals surface area contributed by atoms with Crippen LogP contribution in [-0.4, -0.2) is 37.1 Å². The SMILES string of the molecule is CCCCN(CC)C(C)CCNCCC. The predicted octanol–water partition coefficient (Wildman–Crippen LogP) is 2.89. The summed E-state index contributed by atoms with van der Waals surface area (Å²) < 4.78 is 0. The minimum absolute atomic E-state index is 0.728. The van der Waals surface area contributed by atoms with Crippen molar-refractivity contribution in [2.75, 3.05) is 26.2 Å². The molecule has 0 saturated heterocycles. The molecule has 0 bridgehead atoms. The third-order valence-corrected chi connectivity index (χ3v) is 2.99. The van der Waals surface area contributed by atoms with Crippen LogP contribution in [0.25, 0.3) is 0 Å². The lowest BCUT2D eigenvalue weighted by atomic mass is 10.2. The maximum Gasteiger partial charge on any atom is 0.00788 e. The molecule has 92 valence electrons. The average molecular weight is 214 g/mol. The van der Waals surface area contributed by atoms with Crippen molar-refractivity contribution in [3.63, 3.8) is 0 Å². The van der Waals surface area contributed by atoms with E-state index in [1.54, 1.807) is 0 Å². The zero-order chi connectivity index (χ0) is 11.5. The summed E-state index contributed by atoms with van der Waals surface area (Å²) in [7, 11) is 0. The zero-order valence-electron chi connectivity index (χ0n) is 11.2. The maximum absolute atomic E-state index is 3.47. The van der Waals surface area contributed by atoms with Crippen molar-refractivity contribution >= 4 is 0 Å². The highest BCUT2D eigenvalue weighted by Gasteiger charge is 2.10. The number of nitrogens with zero attached hydrogens (tertiary/aromatic N) is 1. The lowest BCUT2D eigenvalue weighted by Crippen LogP contribution is -2.36. The molecular weight excluding hydrogens is 184 g/mol. The van der Waals surface area contributed by atoms with Crippen LogP contribution in [0.2, 0.25) is 0 Å². The minimum Gasteiger partial charge on any atom is -0.317 e. The van der Waals surface area contributed by atoms with Gasteiger partial charge in [-0.15, -0.1) is 0 Å². The van der Waals surface area contributed by atoms with Crippen molar-refractivity contribution in [3.05, 3.63) is 0 Å². The summed E-state index contributed by atoms with van der Waals surface area (Å²) in [6.07, 6.45) is 5.15. The Kier molecular flexibility index (Phi) is 10.4. The molecule has 0 aliphatic rings. The number of nitrogens with one attached hydrogen (secondary N) is 1. The van der Waals surface area contributed by atoms with Crippen LogP contribution >= 0.6 is 0 Å². The van der Waals surface area contributed by atoms with Crippen molar-refractivity contribution < 1.29 is 0 Å². The molecule has 0 aromatic rings. The first kappa shape index (κ1) is 14.9. The standard InChI is InChI=1S/C13H30N2/c1-5-8-12-15(7-3)13(4)9-11-14-10-6-2/h13-14H,5-12H2,1-4H3. The minimum atomic E-state index is 0.728. The smallest absolute Gasteiger partial charge is 0.00788 e. The third kappa shape index (κ3) is 7.80.